The van der Waals surface area contributed by atoms with E-state index in [4.69, 9.17) is 9.47 Å². The smallest absolute Gasteiger partial charge is 0.333 e. The van der Waals surface area contributed by atoms with Crippen LogP contribution >= 0.6 is 0 Å². The Morgan fingerprint density at radius 1 is 1.35 bits per heavy atom. The van der Waals surface area contributed by atoms with Crippen LogP contribution in [0.1, 0.15) is 12.6 Å². The number of nitrogens with zero attached hydrogens (tertiary/aromatic N) is 3. The molecule has 0 fully saturated rings. The predicted molar refractivity (Wildman–Crippen MR) is 86.2 cm³/mol. The minimum Gasteiger partial charge on any atom is -0.497 e. The molecular formula is C15H20N4O4. The summed E-state index contributed by atoms with van der Waals surface area (Å²) >= 11 is 0. The third-order valence-electron chi connectivity index (χ3n) is 3.33. The molecule has 2 aromatic rings. The Hall–Kier alpha value is -2.77. The molecule has 124 valence electrons. The van der Waals surface area contributed by atoms with E-state index in [0.717, 1.165) is 5.75 Å². The van der Waals surface area contributed by atoms with Crippen LogP contribution < -0.4 is 14.8 Å². The number of nitro groups is 1. The predicted octanol–water partition coefficient (Wildman–Crippen LogP) is 2.52. The van der Waals surface area contributed by atoms with E-state index in [9.17, 15) is 10.1 Å². The van der Waals surface area contributed by atoms with Crippen LogP contribution in [0.4, 0.5) is 11.5 Å². The lowest BCUT2D eigenvalue weighted by Gasteiger charge is -2.16. The first kappa shape index (κ1) is 16.6. The Morgan fingerprint density at radius 2 is 1.96 bits per heavy atom. The normalized spacial score (nSPS) is 11.8. The molecule has 0 bridgehead atoms. The molecular weight excluding hydrogens is 300 g/mol. The van der Waals surface area contributed by atoms with E-state index >= 15 is 0 Å². The van der Waals surface area contributed by atoms with E-state index in [1.54, 1.807) is 21.1 Å². The first-order valence-electron chi connectivity index (χ1n) is 7.15. The molecule has 1 unspecified atom stereocenters. The second kappa shape index (κ2) is 6.99. The van der Waals surface area contributed by atoms with Crippen LogP contribution in [0, 0.1) is 17.0 Å². The second-order valence-electron chi connectivity index (χ2n) is 5.15. The largest absolute Gasteiger partial charge is 0.497 e. The lowest BCUT2D eigenvalue weighted by atomic mass is 10.3. The van der Waals surface area contributed by atoms with Gasteiger partial charge in [0.25, 0.3) is 0 Å². The number of anilines is 1. The number of benzene rings is 1. The minimum absolute atomic E-state index is 0.0100. The van der Waals surface area contributed by atoms with Crippen molar-refractivity contribution >= 4 is 11.5 Å². The number of hydrogen-bond acceptors (Lipinski definition) is 6. The molecule has 8 heteroatoms. The van der Waals surface area contributed by atoms with Crippen molar-refractivity contribution in [2.75, 3.05) is 19.0 Å². The molecule has 0 aliphatic carbocycles. The van der Waals surface area contributed by atoms with Gasteiger partial charge in [-0.25, -0.2) is 4.68 Å². The number of hydrogen-bond donors (Lipinski definition) is 1. The molecule has 0 saturated heterocycles. The highest BCUT2D eigenvalue weighted by molar-refractivity contribution is 5.59. The molecule has 8 nitrogen and oxygen atoms in total. The minimum atomic E-state index is -0.431. The summed E-state index contributed by atoms with van der Waals surface area (Å²) in [7, 11) is 3.27. The van der Waals surface area contributed by atoms with Gasteiger partial charge >= 0.3 is 5.69 Å². The molecule has 2 rings (SSSR count). The molecule has 1 aromatic carbocycles. The van der Waals surface area contributed by atoms with Crippen molar-refractivity contribution in [3.8, 4) is 11.5 Å². The van der Waals surface area contributed by atoms with Gasteiger partial charge in [0.2, 0.25) is 5.82 Å². The van der Waals surface area contributed by atoms with Crippen molar-refractivity contribution in [1.82, 2.24) is 9.78 Å². The Labute approximate surface area is 134 Å². The molecule has 0 radical (unpaired) electrons. The van der Waals surface area contributed by atoms with Crippen LogP contribution in [-0.4, -0.2) is 34.5 Å². The molecule has 1 aromatic heterocycles. The molecule has 1 heterocycles. The third kappa shape index (κ3) is 3.91. The summed E-state index contributed by atoms with van der Waals surface area (Å²) in [4.78, 5) is 10.7. The van der Waals surface area contributed by atoms with E-state index in [-0.39, 0.29) is 11.8 Å². The number of rotatable bonds is 7. The van der Waals surface area contributed by atoms with Gasteiger partial charge in [-0.1, -0.05) is 0 Å². The van der Waals surface area contributed by atoms with Crippen molar-refractivity contribution < 1.29 is 14.4 Å². The zero-order valence-corrected chi connectivity index (χ0v) is 13.6. The average Bonchev–Trinajstić information content (AvgIpc) is 2.79. The van der Waals surface area contributed by atoms with Gasteiger partial charge in [0.15, 0.2) is 0 Å². The number of aryl methyl sites for hydroxylation is 2. The maximum absolute atomic E-state index is 11.1. The van der Waals surface area contributed by atoms with Crippen LogP contribution in [0.2, 0.25) is 0 Å². The molecule has 0 spiro atoms. The van der Waals surface area contributed by atoms with Crippen LogP contribution in [0.5, 0.6) is 11.5 Å². The number of aromatic nitrogens is 2. The molecule has 0 aliphatic rings. The van der Waals surface area contributed by atoms with Gasteiger partial charge in [0.1, 0.15) is 23.3 Å². The summed E-state index contributed by atoms with van der Waals surface area (Å²) < 4.78 is 12.3. The highest BCUT2D eigenvalue weighted by atomic mass is 16.6. The summed E-state index contributed by atoms with van der Waals surface area (Å²) in [6.45, 7) is 3.90. The maximum Gasteiger partial charge on any atom is 0.333 e. The van der Waals surface area contributed by atoms with Crippen molar-refractivity contribution in [3.05, 3.63) is 40.1 Å². The van der Waals surface area contributed by atoms with Crippen molar-refractivity contribution in [1.29, 1.82) is 0 Å². The summed E-state index contributed by atoms with van der Waals surface area (Å²) in [5.74, 6) is 1.83. The van der Waals surface area contributed by atoms with Gasteiger partial charge in [0, 0.05) is 7.05 Å². The summed E-state index contributed by atoms with van der Waals surface area (Å²) in [6.07, 6.45) is -0.182. The molecule has 1 N–H and O–H groups in total. The SMILES string of the molecule is COc1ccc(OC(C)CNc2c([N+](=O)[O-])c(C)nn2C)cc1. The molecule has 0 amide bonds. The van der Waals surface area contributed by atoms with Crippen LogP contribution in [-0.2, 0) is 7.05 Å². The fourth-order valence-corrected chi connectivity index (χ4v) is 2.23. The Balaban J connectivity index is 1.99. The highest BCUT2D eigenvalue weighted by Gasteiger charge is 2.24. The molecule has 0 saturated carbocycles. The zero-order valence-electron chi connectivity index (χ0n) is 13.6. The van der Waals surface area contributed by atoms with Crippen molar-refractivity contribution in [2.45, 2.75) is 20.0 Å². The van der Waals surface area contributed by atoms with Gasteiger partial charge < -0.3 is 14.8 Å². The number of methoxy groups -OCH3 is 1. The Morgan fingerprint density at radius 3 is 2.52 bits per heavy atom. The Kier molecular flexibility index (Phi) is 5.05. The Bertz CT molecular complexity index is 682. The third-order valence-corrected chi connectivity index (χ3v) is 3.33. The van der Waals surface area contributed by atoms with E-state index in [1.807, 2.05) is 31.2 Å². The van der Waals surface area contributed by atoms with E-state index < -0.39 is 4.92 Å². The summed E-state index contributed by atoms with van der Waals surface area (Å²) in [5, 5.41) is 18.2. The summed E-state index contributed by atoms with van der Waals surface area (Å²) in [5.41, 5.74) is 0.368. The lowest BCUT2D eigenvalue weighted by molar-refractivity contribution is -0.384. The van der Waals surface area contributed by atoms with Crippen molar-refractivity contribution in [3.63, 3.8) is 0 Å². The fraction of sp³-hybridized carbons (Fsp3) is 0.400. The number of nitrogens with one attached hydrogen (secondary N) is 1. The standard InChI is InChI=1S/C15H20N4O4/c1-10(23-13-7-5-12(22-4)6-8-13)9-16-15-14(19(20)21)11(2)17-18(15)3/h5-8,10,16H,9H2,1-4H3. The van der Waals surface area contributed by atoms with E-state index in [1.165, 1.54) is 4.68 Å². The van der Waals surface area contributed by atoms with Gasteiger partial charge in [-0.05, 0) is 38.1 Å². The fourth-order valence-electron chi connectivity index (χ4n) is 2.23. The first-order chi connectivity index (χ1) is 10.9. The van der Waals surface area contributed by atoms with Crippen LogP contribution in [0.3, 0.4) is 0 Å². The van der Waals surface area contributed by atoms with Crippen LogP contribution in [0.25, 0.3) is 0 Å². The maximum atomic E-state index is 11.1. The highest BCUT2D eigenvalue weighted by Crippen LogP contribution is 2.27. The van der Waals surface area contributed by atoms with E-state index in [0.29, 0.717) is 23.8 Å². The van der Waals surface area contributed by atoms with Crippen molar-refractivity contribution in [2.24, 2.45) is 7.05 Å². The van der Waals surface area contributed by atoms with Crippen LogP contribution in [0.15, 0.2) is 24.3 Å². The van der Waals surface area contributed by atoms with Gasteiger partial charge in [-0.15, -0.1) is 0 Å². The first-order valence-corrected chi connectivity index (χ1v) is 7.15. The second-order valence-corrected chi connectivity index (χ2v) is 5.15. The average molecular weight is 320 g/mol. The molecule has 0 aliphatic heterocycles. The number of ether oxygens (including phenoxy) is 2. The molecule has 1 atom stereocenters. The van der Waals surface area contributed by atoms with Gasteiger partial charge in [-0.3, -0.25) is 10.1 Å². The van der Waals surface area contributed by atoms with Gasteiger partial charge in [0.05, 0.1) is 18.6 Å². The van der Waals surface area contributed by atoms with Gasteiger partial charge in [-0.2, -0.15) is 5.10 Å². The topological polar surface area (TPSA) is 91.4 Å². The lowest BCUT2D eigenvalue weighted by Crippen LogP contribution is -2.24. The monoisotopic (exact) mass is 320 g/mol. The van der Waals surface area contributed by atoms with E-state index in [2.05, 4.69) is 10.4 Å². The molecule has 23 heavy (non-hydrogen) atoms. The quantitative estimate of drug-likeness (QED) is 0.622. The zero-order chi connectivity index (χ0) is 17.0. The summed E-state index contributed by atoms with van der Waals surface area (Å²) in [6, 6.07) is 7.24.